The third-order valence-corrected chi connectivity index (χ3v) is 4.87. The van der Waals surface area contributed by atoms with E-state index in [1.54, 1.807) is 4.90 Å². The summed E-state index contributed by atoms with van der Waals surface area (Å²) < 4.78 is 0. The number of aliphatic carboxylic acids is 1. The van der Waals surface area contributed by atoms with Gasteiger partial charge < -0.3 is 20.6 Å². The summed E-state index contributed by atoms with van der Waals surface area (Å²) in [7, 11) is 0. The molecule has 7 nitrogen and oxygen atoms in total. The highest BCUT2D eigenvalue weighted by atomic mass is 16.4. The molecule has 3 N–H and O–H groups in total. The summed E-state index contributed by atoms with van der Waals surface area (Å²) >= 11 is 0. The highest BCUT2D eigenvalue weighted by Crippen LogP contribution is 2.26. The van der Waals surface area contributed by atoms with Crippen LogP contribution in [0.1, 0.15) is 46.0 Å². The molecule has 1 unspecified atom stereocenters. The number of nitrogens with one attached hydrogen (secondary N) is 2. The van der Waals surface area contributed by atoms with Gasteiger partial charge in [-0.3, -0.25) is 9.59 Å². The molecule has 0 aromatic rings. The molecule has 3 atom stereocenters. The monoisotopic (exact) mass is 339 g/mol. The van der Waals surface area contributed by atoms with Crippen LogP contribution in [0, 0.1) is 17.8 Å². The summed E-state index contributed by atoms with van der Waals surface area (Å²) in [6.45, 7) is 5.82. The SMILES string of the molecule is CC(C)CNC(=O)N1CCCC(C(=O)N[C@H]2CC[C@@H](C(=O)O)C2)C1. The molecule has 1 aliphatic heterocycles. The first kappa shape index (κ1) is 18.5. The second-order valence-corrected chi connectivity index (χ2v) is 7.42. The van der Waals surface area contributed by atoms with Crippen LogP contribution >= 0.6 is 0 Å². The predicted molar refractivity (Wildman–Crippen MR) is 89.4 cm³/mol. The van der Waals surface area contributed by atoms with Gasteiger partial charge in [0.2, 0.25) is 5.91 Å². The normalized spacial score (nSPS) is 27.1. The third kappa shape index (κ3) is 5.11. The predicted octanol–water partition coefficient (Wildman–Crippen LogP) is 1.43. The topological polar surface area (TPSA) is 98.7 Å². The van der Waals surface area contributed by atoms with Crippen LogP contribution in [0.15, 0.2) is 0 Å². The number of hydrogen-bond acceptors (Lipinski definition) is 3. The van der Waals surface area contributed by atoms with E-state index in [1.165, 1.54) is 0 Å². The summed E-state index contributed by atoms with van der Waals surface area (Å²) in [6.07, 6.45) is 3.43. The Morgan fingerprint density at radius 1 is 1.17 bits per heavy atom. The van der Waals surface area contributed by atoms with Gasteiger partial charge in [-0.25, -0.2) is 4.79 Å². The van der Waals surface area contributed by atoms with Crippen molar-refractivity contribution in [2.45, 2.75) is 52.0 Å². The smallest absolute Gasteiger partial charge is 0.317 e. The minimum absolute atomic E-state index is 0.0487. The Morgan fingerprint density at radius 3 is 2.54 bits per heavy atom. The van der Waals surface area contributed by atoms with Crippen LogP contribution in [0.25, 0.3) is 0 Å². The molecule has 2 fully saturated rings. The van der Waals surface area contributed by atoms with Gasteiger partial charge in [-0.15, -0.1) is 0 Å². The lowest BCUT2D eigenvalue weighted by Gasteiger charge is -2.32. The number of piperidine rings is 1. The molecule has 0 spiro atoms. The molecular weight excluding hydrogens is 310 g/mol. The molecule has 3 amide bonds. The van der Waals surface area contributed by atoms with Gasteiger partial charge in [-0.05, 0) is 38.0 Å². The van der Waals surface area contributed by atoms with Crippen molar-refractivity contribution in [2.75, 3.05) is 19.6 Å². The van der Waals surface area contributed by atoms with Gasteiger partial charge in [0.05, 0.1) is 11.8 Å². The number of carbonyl (C=O) groups excluding carboxylic acids is 2. The summed E-state index contributed by atoms with van der Waals surface area (Å²) in [6, 6.07) is -0.156. The van der Waals surface area contributed by atoms with E-state index >= 15 is 0 Å². The molecule has 0 aromatic heterocycles. The second-order valence-electron chi connectivity index (χ2n) is 7.42. The molecule has 136 valence electrons. The fourth-order valence-electron chi connectivity index (χ4n) is 3.43. The maximum Gasteiger partial charge on any atom is 0.317 e. The van der Waals surface area contributed by atoms with Crippen molar-refractivity contribution in [3.63, 3.8) is 0 Å². The number of carboxylic acid groups (broad SMARTS) is 1. The van der Waals surface area contributed by atoms with E-state index in [0.717, 1.165) is 12.8 Å². The van der Waals surface area contributed by atoms with Crippen molar-refractivity contribution in [1.82, 2.24) is 15.5 Å². The molecule has 0 radical (unpaired) electrons. The highest BCUT2D eigenvalue weighted by Gasteiger charge is 2.33. The van der Waals surface area contributed by atoms with E-state index in [0.29, 0.717) is 44.8 Å². The van der Waals surface area contributed by atoms with Crippen molar-refractivity contribution in [3.8, 4) is 0 Å². The maximum absolute atomic E-state index is 12.4. The molecule has 2 aliphatic rings. The van der Waals surface area contributed by atoms with Crippen LogP contribution in [0.2, 0.25) is 0 Å². The Balaban J connectivity index is 1.80. The summed E-state index contributed by atoms with van der Waals surface area (Å²) in [5, 5.41) is 14.9. The number of urea groups is 1. The van der Waals surface area contributed by atoms with Crippen molar-refractivity contribution in [2.24, 2.45) is 17.8 Å². The Kier molecular flexibility index (Phi) is 6.45. The Hall–Kier alpha value is -1.79. The average molecular weight is 339 g/mol. The van der Waals surface area contributed by atoms with Crippen molar-refractivity contribution in [3.05, 3.63) is 0 Å². The third-order valence-electron chi connectivity index (χ3n) is 4.87. The van der Waals surface area contributed by atoms with Gasteiger partial charge in [-0.1, -0.05) is 13.8 Å². The van der Waals surface area contributed by atoms with Crippen LogP contribution in [-0.4, -0.2) is 53.6 Å². The van der Waals surface area contributed by atoms with Gasteiger partial charge in [0.1, 0.15) is 0 Å². The van der Waals surface area contributed by atoms with Crippen LogP contribution < -0.4 is 10.6 Å². The first-order valence-electron chi connectivity index (χ1n) is 8.92. The zero-order chi connectivity index (χ0) is 17.7. The maximum atomic E-state index is 12.4. The standard InChI is InChI=1S/C17H29N3O4/c1-11(2)9-18-17(24)20-7-3-4-13(10-20)15(21)19-14-6-5-12(8-14)16(22)23/h11-14H,3-10H2,1-2H3,(H,18,24)(H,19,21)(H,22,23)/t12-,13?,14+/m1/s1. The molecule has 24 heavy (non-hydrogen) atoms. The van der Waals surface area contributed by atoms with Gasteiger partial charge >= 0.3 is 12.0 Å². The summed E-state index contributed by atoms with van der Waals surface area (Å²) in [5.41, 5.74) is 0. The lowest BCUT2D eigenvalue weighted by molar-refractivity contribution is -0.141. The molecule has 0 aromatic carbocycles. The van der Waals surface area contributed by atoms with Gasteiger partial charge in [0, 0.05) is 25.7 Å². The number of hydrogen-bond donors (Lipinski definition) is 3. The fraction of sp³-hybridized carbons (Fsp3) is 0.824. The molecule has 1 heterocycles. The molecule has 1 saturated heterocycles. The number of carbonyl (C=O) groups is 3. The minimum Gasteiger partial charge on any atom is -0.481 e. The van der Waals surface area contributed by atoms with E-state index in [1.807, 2.05) is 13.8 Å². The number of amides is 3. The van der Waals surface area contributed by atoms with Gasteiger partial charge in [0.15, 0.2) is 0 Å². The Morgan fingerprint density at radius 2 is 1.92 bits per heavy atom. The molecule has 0 bridgehead atoms. The van der Waals surface area contributed by atoms with Gasteiger partial charge in [-0.2, -0.15) is 0 Å². The first-order valence-corrected chi connectivity index (χ1v) is 8.92. The largest absolute Gasteiger partial charge is 0.481 e. The average Bonchev–Trinajstić information content (AvgIpc) is 3.01. The second kappa shape index (κ2) is 8.35. The van der Waals surface area contributed by atoms with Gasteiger partial charge in [0.25, 0.3) is 0 Å². The van der Waals surface area contributed by atoms with E-state index in [9.17, 15) is 14.4 Å². The minimum atomic E-state index is -0.780. The zero-order valence-electron chi connectivity index (χ0n) is 14.6. The Labute approximate surface area is 143 Å². The van der Waals surface area contributed by atoms with E-state index in [-0.39, 0.29) is 29.8 Å². The summed E-state index contributed by atoms with van der Waals surface area (Å²) in [5.74, 6) is -0.986. The lowest BCUT2D eigenvalue weighted by atomic mass is 9.97. The van der Waals surface area contributed by atoms with Crippen LogP contribution in [0.3, 0.4) is 0 Å². The van der Waals surface area contributed by atoms with Crippen molar-refractivity contribution >= 4 is 17.9 Å². The van der Waals surface area contributed by atoms with Crippen LogP contribution in [0.4, 0.5) is 4.79 Å². The first-order chi connectivity index (χ1) is 11.4. The zero-order valence-corrected chi connectivity index (χ0v) is 14.6. The number of rotatable bonds is 5. The molecule has 2 rings (SSSR count). The lowest BCUT2D eigenvalue weighted by Crippen LogP contribution is -2.50. The summed E-state index contributed by atoms with van der Waals surface area (Å²) in [4.78, 5) is 37.3. The fourth-order valence-corrected chi connectivity index (χ4v) is 3.43. The quantitative estimate of drug-likeness (QED) is 0.706. The number of carboxylic acids is 1. The van der Waals surface area contributed by atoms with Crippen molar-refractivity contribution in [1.29, 1.82) is 0 Å². The molecule has 1 aliphatic carbocycles. The molecule has 7 heteroatoms. The van der Waals surface area contributed by atoms with Crippen molar-refractivity contribution < 1.29 is 19.5 Å². The highest BCUT2D eigenvalue weighted by molar-refractivity contribution is 5.81. The number of nitrogens with zero attached hydrogens (tertiary/aromatic N) is 1. The van der Waals surface area contributed by atoms with E-state index in [4.69, 9.17) is 5.11 Å². The van der Waals surface area contributed by atoms with Crippen LogP contribution in [-0.2, 0) is 9.59 Å². The number of likely N-dealkylation sites (tertiary alicyclic amines) is 1. The molecule has 1 saturated carbocycles. The van der Waals surface area contributed by atoms with E-state index < -0.39 is 5.97 Å². The molecular formula is C17H29N3O4. The van der Waals surface area contributed by atoms with E-state index in [2.05, 4.69) is 10.6 Å². The van der Waals surface area contributed by atoms with Crippen LogP contribution in [0.5, 0.6) is 0 Å². The Bertz CT molecular complexity index is 480.